The molecule has 5 aliphatic rings. The number of likely N-dealkylation sites (tertiary alicyclic amines) is 3. The van der Waals surface area contributed by atoms with Crippen LogP contribution in [-0.2, 0) is 26.0 Å². The molecule has 6 rings (SSSR count). The minimum absolute atomic E-state index is 0.0349. The van der Waals surface area contributed by atoms with Crippen LogP contribution in [0, 0.1) is 17.2 Å². The second kappa shape index (κ2) is 7.49. The van der Waals surface area contributed by atoms with Crippen LogP contribution in [-0.4, -0.2) is 77.7 Å². The number of sulfonamides is 1. The fourth-order valence-electron chi connectivity index (χ4n) is 7.17. The van der Waals surface area contributed by atoms with E-state index in [1.54, 1.807) is 17.0 Å². The van der Waals surface area contributed by atoms with Crippen molar-refractivity contribution in [2.45, 2.75) is 79.7 Å². The Balaban J connectivity index is 1.14. The zero-order valence-electron chi connectivity index (χ0n) is 19.6. The zero-order chi connectivity index (χ0) is 24.9. The maximum absolute atomic E-state index is 13.4. The van der Waals surface area contributed by atoms with Crippen LogP contribution in [0.1, 0.15) is 49.8 Å². The van der Waals surface area contributed by atoms with E-state index < -0.39 is 22.1 Å². The standard InChI is InChI=1S/C24H30N6O4S/c1-24-9-14(24)7-15(10-25)30(24)22(31)19(26)12-28-11-16-8-21(28)23(32)29(16)20-5-2-13-6-17(35(27,33)34)3-4-18(13)20/h3-4,6,14-16,19-21H,2,5,7-9,11-12,26H2,1H3,(H2,27,33,34)/t14?,15?,16-,19?,20-,21?,24+/m0/s1. The van der Waals surface area contributed by atoms with Crippen molar-refractivity contribution in [3.63, 3.8) is 0 Å². The lowest BCUT2D eigenvalue weighted by Gasteiger charge is -2.39. The monoisotopic (exact) mass is 498 g/mol. The van der Waals surface area contributed by atoms with Crippen LogP contribution < -0.4 is 10.9 Å². The Hall–Kier alpha value is -2.52. The number of primary sulfonamides is 1. The van der Waals surface area contributed by atoms with Gasteiger partial charge >= 0.3 is 0 Å². The SMILES string of the molecule is C[C@@]12CC1CC(C#N)N2C(=O)C(N)CN1C[C@@H]2CC1C(=O)N2[C@H]1CCc2cc(S(N)(=O)=O)ccc21. The topological polar surface area (TPSA) is 154 Å². The lowest BCUT2D eigenvalue weighted by atomic mass is 10.1. The number of benzene rings is 1. The third kappa shape index (κ3) is 3.34. The van der Waals surface area contributed by atoms with E-state index in [1.165, 1.54) is 6.07 Å². The van der Waals surface area contributed by atoms with Gasteiger partial charge in [0, 0.05) is 24.7 Å². The molecule has 0 aromatic heterocycles. The number of piperazine rings is 1. The van der Waals surface area contributed by atoms with Gasteiger partial charge in [0.05, 0.1) is 29.1 Å². The highest BCUT2D eigenvalue weighted by molar-refractivity contribution is 7.89. The number of piperidine rings is 1. The van der Waals surface area contributed by atoms with Crippen molar-refractivity contribution >= 4 is 21.8 Å². The number of nitrogens with zero attached hydrogens (tertiary/aromatic N) is 4. The predicted octanol–water partition coefficient (Wildman–Crippen LogP) is -0.163. The molecule has 186 valence electrons. The van der Waals surface area contributed by atoms with Gasteiger partial charge in [0.25, 0.3) is 0 Å². The highest BCUT2D eigenvalue weighted by atomic mass is 32.2. The van der Waals surface area contributed by atoms with Gasteiger partial charge in [-0.1, -0.05) is 6.07 Å². The van der Waals surface area contributed by atoms with Crippen molar-refractivity contribution in [1.82, 2.24) is 14.7 Å². The van der Waals surface area contributed by atoms with Gasteiger partial charge in [0.1, 0.15) is 6.04 Å². The first-order chi connectivity index (χ1) is 16.5. The quantitative estimate of drug-likeness (QED) is 0.572. The second-order valence-corrected chi connectivity index (χ2v) is 12.6. The lowest BCUT2D eigenvalue weighted by Crippen LogP contribution is -2.58. The summed E-state index contributed by atoms with van der Waals surface area (Å²) in [5.74, 6) is 0.234. The summed E-state index contributed by atoms with van der Waals surface area (Å²) in [5, 5.41) is 14.8. The third-order valence-corrected chi connectivity index (χ3v) is 9.93. The number of nitrogens with two attached hydrogens (primary N) is 2. The number of amides is 2. The van der Waals surface area contributed by atoms with E-state index in [9.17, 15) is 23.3 Å². The van der Waals surface area contributed by atoms with E-state index in [0.717, 1.165) is 30.4 Å². The summed E-state index contributed by atoms with van der Waals surface area (Å²) in [6.45, 7) is 2.98. The number of aryl methyl sites for hydroxylation is 1. The first-order valence-electron chi connectivity index (χ1n) is 12.2. The zero-order valence-corrected chi connectivity index (χ0v) is 20.4. The molecule has 10 nitrogen and oxygen atoms in total. The molecule has 3 aliphatic heterocycles. The molecule has 2 bridgehead atoms. The molecule has 1 saturated carbocycles. The first kappa shape index (κ1) is 22.9. The average Bonchev–Trinajstić information content (AvgIpc) is 3.23. The third-order valence-electron chi connectivity index (χ3n) is 9.02. The molecule has 2 aliphatic carbocycles. The van der Waals surface area contributed by atoms with Crippen LogP contribution in [0.25, 0.3) is 0 Å². The van der Waals surface area contributed by atoms with Gasteiger partial charge in [0.15, 0.2) is 0 Å². The molecule has 0 radical (unpaired) electrons. The number of nitriles is 1. The number of fused-ring (bicyclic) bond motifs is 4. The highest BCUT2D eigenvalue weighted by Crippen LogP contribution is 2.57. The first-order valence-corrected chi connectivity index (χ1v) is 13.8. The van der Waals surface area contributed by atoms with E-state index in [4.69, 9.17) is 10.9 Å². The molecule has 1 aromatic carbocycles. The van der Waals surface area contributed by atoms with Crippen LogP contribution >= 0.6 is 0 Å². The maximum Gasteiger partial charge on any atom is 0.242 e. The van der Waals surface area contributed by atoms with Gasteiger partial charge in [-0.3, -0.25) is 14.5 Å². The molecular weight excluding hydrogens is 468 g/mol. The van der Waals surface area contributed by atoms with Crippen LogP contribution in [0.5, 0.6) is 0 Å². The molecule has 0 spiro atoms. The molecule has 4 fully saturated rings. The van der Waals surface area contributed by atoms with E-state index in [0.29, 0.717) is 31.8 Å². The van der Waals surface area contributed by atoms with Crippen molar-refractivity contribution in [3.8, 4) is 6.07 Å². The van der Waals surface area contributed by atoms with Crippen molar-refractivity contribution in [2.24, 2.45) is 16.8 Å². The smallest absolute Gasteiger partial charge is 0.242 e. The summed E-state index contributed by atoms with van der Waals surface area (Å²) in [6.07, 6.45) is 3.79. The number of carbonyl (C=O) groups is 2. The van der Waals surface area contributed by atoms with Crippen molar-refractivity contribution in [2.75, 3.05) is 13.1 Å². The molecule has 4 N–H and O–H groups in total. The number of carbonyl (C=O) groups excluding carboxylic acids is 2. The Labute approximate surface area is 204 Å². The highest BCUT2D eigenvalue weighted by Gasteiger charge is 2.64. The van der Waals surface area contributed by atoms with Crippen molar-refractivity contribution in [1.29, 1.82) is 5.26 Å². The largest absolute Gasteiger partial charge is 0.330 e. The van der Waals surface area contributed by atoms with E-state index in [-0.39, 0.29) is 40.4 Å². The molecular formula is C24H30N6O4S. The van der Waals surface area contributed by atoms with Crippen molar-refractivity contribution < 1.29 is 18.0 Å². The molecule has 2 amide bonds. The molecule has 35 heavy (non-hydrogen) atoms. The fraction of sp³-hybridized carbons (Fsp3) is 0.625. The van der Waals surface area contributed by atoms with Crippen molar-refractivity contribution in [3.05, 3.63) is 29.3 Å². The molecule has 7 atom stereocenters. The second-order valence-electron chi connectivity index (χ2n) is 11.0. The molecule has 3 heterocycles. The Morgan fingerprint density at radius 2 is 2.09 bits per heavy atom. The summed E-state index contributed by atoms with van der Waals surface area (Å²) < 4.78 is 23.4. The Morgan fingerprint density at radius 1 is 1.31 bits per heavy atom. The van der Waals surface area contributed by atoms with Gasteiger partial charge in [-0.25, -0.2) is 13.6 Å². The number of hydrogen-bond donors (Lipinski definition) is 2. The fourth-order valence-corrected chi connectivity index (χ4v) is 7.73. The summed E-state index contributed by atoms with van der Waals surface area (Å²) >= 11 is 0. The van der Waals surface area contributed by atoms with E-state index in [2.05, 4.69) is 6.07 Å². The van der Waals surface area contributed by atoms with Gasteiger partial charge in [-0.2, -0.15) is 5.26 Å². The predicted molar refractivity (Wildman–Crippen MR) is 125 cm³/mol. The minimum Gasteiger partial charge on any atom is -0.330 e. The van der Waals surface area contributed by atoms with Crippen LogP contribution in [0.4, 0.5) is 0 Å². The van der Waals surface area contributed by atoms with E-state index >= 15 is 0 Å². The summed E-state index contributed by atoms with van der Waals surface area (Å²) in [6, 6.07) is 5.64. The van der Waals surface area contributed by atoms with Gasteiger partial charge in [-0.15, -0.1) is 0 Å². The summed E-state index contributed by atoms with van der Waals surface area (Å²) in [4.78, 5) is 32.4. The summed E-state index contributed by atoms with van der Waals surface area (Å²) in [5.41, 5.74) is 8.02. The maximum atomic E-state index is 13.4. The number of hydrogen-bond acceptors (Lipinski definition) is 7. The minimum atomic E-state index is -3.77. The normalized spacial score (nSPS) is 36.3. The molecule has 4 unspecified atom stereocenters. The van der Waals surface area contributed by atoms with Gasteiger partial charge in [-0.05, 0) is 68.2 Å². The Kier molecular flexibility index (Phi) is 4.90. The van der Waals surface area contributed by atoms with Crippen LogP contribution in [0.2, 0.25) is 0 Å². The summed E-state index contributed by atoms with van der Waals surface area (Å²) in [7, 11) is -3.77. The van der Waals surface area contributed by atoms with Crippen LogP contribution in [0.15, 0.2) is 23.1 Å². The Morgan fingerprint density at radius 3 is 2.77 bits per heavy atom. The lowest BCUT2D eigenvalue weighted by molar-refractivity contribution is -0.142. The molecule has 1 aromatic rings. The van der Waals surface area contributed by atoms with Gasteiger partial charge in [0.2, 0.25) is 21.8 Å². The number of rotatable bonds is 5. The molecule has 11 heteroatoms. The van der Waals surface area contributed by atoms with E-state index in [1.807, 2.05) is 16.7 Å². The molecule has 3 saturated heterocycles. The average molecular weight is 499 g/mol. The van der Waals surface area contributed by atoms with Gasteiger partial charge < -0.3 is 15.5 Å². The Bertz CT molecular complexity index is 1280. The van der Waals surface area contributed by atoms with Crippen LogP contribution in [0.3, 0.4) is 0 Å².